The second kappa shape index (κ2) is 7.45. The van der Waals surface area contributed by atoms with Crippen LogP contribution in [0.5, 0.6) is 5.75 Å². The zero-order chi connectivity index (χ0) is 18.6. The van der Waals surface area contributed by atoms with Gasteiger partial charge in [0.25, 0.3) is 0 Å². The third kappa shape index (κ3) is 4.12. The lowest BCUT2D eigenvalue weighted by molar-refractivity contribution is 0.168. The van der Waals surface area contributed by atoms with E-state index in [1.165, 1.54) is 18.2 Å². The van der Waals surface area contributed by atoms with Crippen molar-refractivity contribution in [1.82, 2.24) is 0 Å². The lowest BCUT2D eigenvalue weighted by atomic mass is 10.1. The van der Waals surface area contributed by atoms with Crippen LogP contribution in [-0.2, 0) is 14.9 Å². The van der Waals surface area contributed by atoms with Crippen LogP contribution in [0.15, 0.2) is 71.6 Å². The normalized spacial score (nSPS) is 11.1. The van der Waals surface area contributed by atoms with Crippen molar-refractivity contribution in [2.45, 2.75) is 11.8 Å². The average molecular weight is 371 g/mol. The zero-order valence-corrected chi connectivity index (χ0v) is 14.8. The van der Waals surface area contributed by atoms with Gasteiger partial charge in [0.1, 0.15) is 10.6 Å². The van der Waals surface area contributed by atoms with Gasteiger partial charge in [0.15, 0.2) is 0 Å². The molecule has 0 aliphatic rings. The van der Waals surface area contributed by atoms with Gasteiger partial charge in [0, 0.05) is 11.8 Å². The topological polar surface area (TPSA) is 81.7 Å². The van der Waals surface area contributed by atoms with Crippen molar-refractivity contribution in [1.29, 1.82) is 0 Å². The van der Waals surface area contributed by atoms with Crippen LogP contribution in [0.2, 0.25) is 0 Å². The Labute approximate surface area is 151 Å². The molecule has 0 spiro atoms. The van der Waals surface area contributed by atoms with Gasteiger partial charge in [-0.15, -0.1) is 0 Å². The van der Waals surface area contributed by atoms with Gasteiger partial charge in [0.2, 0.25) is 0 Å². The van der Waals surface area contributed by atoms with Crippen LogP contribution in [0.25, 0.3) is 10.8 Å². The number of fused-ring (bicyclic) bond motifs is 1. The molecule has 26 heavy (non-hydrogen) atoms. The third-order valence-corrected chi connectivity index (χ3v) is 4.81. The fourth-order valence-corrected chi connectivity index (χ4v) is 3.37. The van der Waals surface area contributed by atoms with Gasteiger partial charge in [-0.05, 0) is 42.0 Å². The number of ether oxygens (including phenoxy) is 1. The van der Waals surface area contributed by atoms with Crippen molar-refractivity contribution in [3.05, 3.63) is 66.7 Å². The zero-order valence-electron chi connectivity index (χ0n) is 14.0. The molecule has 0 heterocycles. The minimum absolute atomic E-state index is 0.0555. The number of hydrogen-bond acceptors (Lipinski definition) is 5. The first kappa shape index (κ1) is 17.8. The first-order valence-corrected chi connectivity index (χ1v) is 9.36. The van der Waals surface area contributed by atoms with Gasteiger partial charge in [-0.1, -0.05) is 36.4 Å². The number of carbonyl (C=O) groups excluding carboxylic acids is 1. The Kier molecular flexibility index (Phi) is 5.09. The second-order valence-corrected chi connectivity index (χ2v) is 6.97. The summed E-state index contributed by atoms with van der Waals surface area (Å²) >= 11 is 0. The van der Waals surface area contributed by atoms with Crippen LogP contribution in [0.3, 0.4) is 0 Å². The van der Waals surface area contributed by atoms with Gasteiger partial charge in [-0.3, -0.25) is 5.32 Å². The highest BCUT2D eigenvalue weighted by atomic mass is 32.2. The Morgan fingerprint density at radius 1 is 0.962 bits per heavy atom. The van der Waals surface area contributed by atoms with E-state index in [0.717, 1.165) is 10.8 Å². The molecular weight excluding hydrogens is 354 g/mol. The molecule has 1 N–H and O–H groups in total. The fourth-order valence-electron chi connectivity index (χ4n) is 2.41. The van der Waals surface area contributed by atoms with E-state index in [-0.39, 0.29) is 17.3 Å². The molecule has 3 aromatic carbocycles. The monoisotopic (exact) mass is 371 g/mol. The Bertz CT molecular complexity index is 1050. The number of nitrogens with one attached hydrogen (secondary N) is 1. The molecule has 3 aromatic rings. The van der Waals surface area contributed by atoms with E-state index in [4.69, 9.17) is 8.92 Å². The molecule has 134 valence electrons. The van der Waals surface area contributed by atoms with Crippen LogP contribution in [-0.4, -0.2) is 21.1 Å². The largest absolute Gasteiger partial charge is 0.450 e. The summed E-state index contributed by atoms with van der Waals surface area (Å²) < 4.78 is 35.1. The highest BCUT2D eigenvalue weighted by Gasteiger charge is 2.17. The molecule has 1 amide bonds. The Morgan fingerprint density at radius 2 is 1.73 bits per heavy atom. The van der Waals surface area contributed by atoms with E-state index in [9.17, 15) is 13.2 Å². The van der Waals surface area contributed by atoms with E-state index in [1.807, 2.05) is 24.3 Å². The second-order valence-electron chi connectivity index (χ2n) is 5.42. The summed E-state index contributed by atoms with van der Waals surface area (Å²) in [7, 11) is -4.00. The maximum Gasteiger partial charge on any atom is 0.411 e. The van der Waals surface area contributed by atoms with Crippen molar-refractivity contribution >= 4 is 32.7 Å². The molecule has 0 radical (unpaired) electrons. The standard InChI is InChI=1S/C19H17NO5S/c1-2-24-19(21)20-16-8-5-9-17(13-16)25-26(22,23)18-11-10-14-6-3-4-7-15(14)12-18/h3-13H,2H2,1H3,(H,20,21). The summed E-state index contributed by atoms with van der Waals surface area (Å²) in [5, 5.41) is 4.23. The van der Waals surface area contributed by atoms with Gasteiger partial charge in [-0.25, -0.2) is 4.79 Å². The highest BCUT2D eigenvalue weighted by Crippen LogP contribution is 2.24. The average Bonchev–Trinajstić information content (AvgIpc) is 2.61. The Hall–Kier alpha value is -3.06. The van der Waals surface area contributed by atoms with Crippen LogP contribution < -0.4 is 9.50 Å². The molecule has 0 aliphatic heterocycles. The van der Waals surface area contributed by atoms with Gasteiger partial charge >= 0.3 is 16.2 Å². The van der Waals surface area contributed by atoms with Gasteiger partial charge < -0.3 is 8.92 Å². The minimum Gasteiger partial charge on any atom is -0.450 e. The Morgan fingerprint density at radius 3 is 2.50 bits per heavy atom. The lowest BCUT2D eigenvalue weighted by Gasteiger charge is -2.10. The van der Waals surface area contributed by atoms with Crippen molar-refractivity contribution in [3.8, 4) is 5.75 Å². The highest BCUT2D eigenvalue weighted by molar-refractivity contribution is 7.87. The Balaban J connectivity index is 1.83. The molecule has 0 bridgehead atoms. The molecule has 0 atom stereocenters. The van der Waals surface area contributed by atoms with Gasteiger partial charge in [-0.2, -0.15) is 8.42 Å². The van der Waals surface area contributed by atoms with Crippen LogP contribution in [0.1, 0.15) is 6.92 Å². The molecular formula is C19H17NO5S. The van der Waals surface area contributed by atoms with Gasteiger partial charge in [0.05, 0.1) is 6.61 Å². The summed E-state index contributed by atoms with van der Waals surface area (Å²) in [6.45, 7) is 1.92. The first-order valence-electron chi connectivity index (χ1n) is 7.95. The summed E-state index contributed by atoms with van der Waals surface area (Å²) in [6.07, 6.45) is -0.623. The number of benzene rings is 3. The number of anilines is 1. The predicted molar refractivity (Wildman–Crippen MR) is 98.8 cm³/mol. The molecule has 0 saturated carbocycles. The van der Waals surface area contributed by atoms with Crippen LogP contribution in [0, 0.1) is 0 Å². The molecule has 6 nitrogen and oxygen atoms in total. The van der Waals surface area contributed by atoms with Crippen molar-refractivity contribution in [2.24, 2.45) is 0 Å². The van der Waals surface area contributed by atoms with E-state index in [1.54, 1.807) is 31.2 Å². The van der Waals surface area contributed by atoms with Crippen LogP contribution in [0.4, 0.5) is 10.5 Å². The van der Waals surface area contributed by atoms with Crippen molar-refractivity contribution in [3.63, 3.8) is 0 Å². The molecule has 0 aliphatic carbocycles. The molecule has 7 heteroatoms. The van der Waals surface area contributed by atoms with E-state index >= 15 is 0 Å². The number of rotatable bonds is 5. The maximum absolute atomic E-state index is 12.5. The molecule has 0 aromatic heterocycles. The summed E-state index contributed by atoms with van der Waals surface area (Å²) in [5.74, 6) is 0.0902. The smallest absolute Gasteiger partial charge is 0.411 e. The number of hydrogen-bond donors (Lipinski definition) is 1. The maximum atomic E-state index is 12.5. The van der Waals surface area contributed by atoms with Crippen LogP contribution >= 0.6 is 0 Å². The molecule has 3 rings (SSSR count). The van der Waals surface area contributed by atoms with E-state index in [2.05, 4.69) is 5.32 Å². The third-order valence-electron chi connectivity index (χ3n) is 3.57. The summed E-state index contributed by atoms with van der Waals surface area (Å²) in [6, 6.07) is 18.3. The predicted octanol–water partition coefficient (Wildman–Crippen LogP) is 4.18. The first-order chi connectivity index (χ1) is 12.5. The van der Waals surface area contributed by atoms with Crippen molar-refractivity contribution < 1.29 is 22.1 Å². The summed E-state index contributed by atoms with van der Waals surface area (Å²) in [5.41, 5.74) is 0.370. The quantitative estimate of drug-likeness (QED) is 0.681. The number of carbonyl (C=O) groups is 1. The lowest BCUT2D eigenvalue weighted by Crippen LogP contribution is -2.14. The molecule has 0 unspecified atom stereocenters. The minimum atomic E-state index is -4.00. The fraction of sp³-hybridized carbons (Fsp3) is 0.105. The van der Waals surface area contributed by atoms with Crippen molar-refractivity contribution in [2.75, 3.05) is 11.9 Å². The number of amides is 1. The SMILES string of the molecule is CCOC(=O)Nc1cccc(OS(=O)(=O)c2ccc3ccccc3c2)c1. The molecule has 0 saturated heterocycles. The molecule has 0 fully saturated rings. The van der Waals surface area contributed by atoms with E-state index in [0.29, 0.717) is 5.69 Å². The summed E-state index contributed by atoms with van der Waals surface area (Å²) in [4.78, 5) is 11.5. The van der Waals surface area contributed by atoms with E-state index < -0.39 is 16.2 Å².